The number of hydrogen-bond acceptors (Lipinski definition) is 4. The number of carbonyl (C=O) groups excluding carboxylic acids is 2. The zero-order valence-corrected chi connectivity index (χ0v) is 19.1. The highest BCUT2D eigenvalue weighted by Crippen LogP contribution is 2.39. The van der Waals surface area contributed by atoms with E-state index in [4.69, 9.17) is 0 Å². The van der Waals surface area contributed by atoms with Crippen molar-refractivity contribution >= 4 is 17.4 Å². The maximum absolute atomic E-state index is 13.1. The number of rotatable bonds is 7. The van der Waals surface area contributed by atoms with E-state index in [9.17, 15) is 14.7 Å². The molecule has 1 N–H and O–H groups in total. The predicted molar refractivity (Wildman–Crippen MR) is 124 cm³/mol. The maximum Gasteiger partial charge on any atom is 0.295 e. The van der Waals surface area contributed by atoms with Gasteiger partial charge in [-0.25, -0.2) is 0 Å². The van der Waals surface area contributed by atoms with E-state index in [0.717, 1.165) is 35.3 Å². The molecular formula is C26H32N2O3. The van der Waals surface area contributed by atoms with Crippen LogP contribution in [0.3, 0.4) is 0 Å². The molecule has 0 bridgehead atoms. The molecular weight excluding hydrogens is 388 g/mol. The molecule has 1 amide bonds. The Kier molecular flexibility index (Phi) is 6.96. The van der Waals surface area contributed by atoms with E-state index < -0.39 is 17.7 Å². The van der Waals surface area contributed by atoms with E-state index >= 15 is 0 Å². The second kappa shape index (κ2) is 9.48. The summed E-state index contributed by atoms with van der Waals surface area (Å²) in [4.78, 5) is 30.0. The molecule has 0 radical (unpaired) electrons. The van der Waals surface area contributed by atoms with Crippen molar-refractivity contribution in [3.05, 3.63) is 75.9 Å². The van der Waals surface area contributed by atoms with Crippen LogP contribution in [0.25, 0.3) is 5.76 Å². The van der Waals surface area contributed by atoms with Crippen LogP contribution in [0.2, 0.25) is 0 Å². The number of nitrogens with zero attached hydrogens (tertiary/aromatic N) is 2. The van der Waals surface area contributed by atoms with Gasteiger partial charge in [0, 0.05) is 18.7 Å². The van der Waals surface area contributed by atoms with Crippen LogP contribution in [-0.2, 0) is 9.59 Å². The molecule has 1 aliphatic rings. The molecule has 1 saturated heterocycles. The third-order valence-corrected chi connectivity index (χ3v) is 6.23. The van der Waals surface area contributed by atoms with Crippen LogP contribution < -0.4 is 0 Å². The summed E-state index contributed by atoms with van der Waals surface area (Å²) in [5.41, 5.74) is 4.72. The van der Waals surface area contributed by atoms with E-state index in [2.05, 4.69) is 18.7 Å². The number of aryl methyl sites for hydroxylation is 3. The molecule has 0 spiro atoms. The van der Waals surface area contributed by atoms with Crippen molar-refractivity contribution in [1.82, 2.24) is 9.80 Å². The minimum atomic E-state index is -0.623. The van der Waals surface area contributed by atoms with Crippen molar-refractivity contribution in [2.75, 3.05) is 26.2 Å². The molecule has 5 heteroatoms. The van der Waals surface area contributed by atoms with Crippen molar-refractivity contribution in [2.45, 2.75) is 40.7 Å². The Balaban J connectivity index is 2.12. The maximum atomic E-state index is 13.1. The normalized spacial score (nSPS) is 18.3. The molecule has 1 atom stereocenters. The number of likely N-dealkylation sites (tertiary alicyclic amines) is 1. The number of ketones is 1. The fraction of sp³-hybridized carbons (Fsp3) is 0.385. The lowest BCUT2D eigenvalue weighted by atomic mass is 9.93. The molecule has 3 rings (SSSR count). The monoisotopic (exact) mass is 420 g/mol. The third kappa shape index (κ3) is 4.57. The highest BCUT2D eigenvalue weighted by Gasteiger charge is 2.46. The molecule has 2 aromatic carbocycles. The average molecular weight is 421 g/mol. The van der Waals surface area contributed by atoms with Crippen molar-refractivity contribution in [2.24, 2.45) is 0 Å². The number of likely N-dealkylation sites (N-methyl/N-ethyl adjacent to an activating group) is 1. The van der Waals surface area contributed by atoms with E-state index in [0.29, 0.717) is 18.7 Å². The van der Waals surface area contributed by atoms with Gasteiger partial charge < -0.3 is 14.9 Å². The Labute approximate surface area is 185 Å². The number of amides is 1. The molecule has 0 aliphatic carbocycles. The summed E-state index contributed by atoms with van der Waals surface area (Å²) in [7, 11) is 0. The fourth-order valence-electron chi connectivity index (χ4n) is 4.13. The first kappa shape index (κ1) is 22.8. The van der Waals surface area contributed by atoms with Crippen LogP contribution in [0.4, 0.5) is 0 Å². The Bertz CT molecular complexity index is 1020. The number of carbonyl (C=O) groups is 2. The molecule has 1 fully saturated rings. The Morgan fingerprint density at radius 2 is 1.71 bits per heavy atom. The van der Waals surface area contributed by atoms with Gasteiger partial charge >= 0.3 is 0 Å². The van der Waals surface area contributed by atoms with Crippen LogP contribution in [0.1, 0.15) is 47.7 Å². The summed E-state index contributed by atoms with van der Waals surface area (Å²) < 4.78 is 0. The summed E-state index contributed by atoms with van der Waals surface area (Å²) in [6.07, 6.45) is 0. The standard InChI is InChI=1S/C26H32N2O3/c1-6-27(7-2)13-14-28-23(20-10-8-9-17(3)15-20)22(25(30)26(28)31)24(29)21-12-11-18(4)19(5)16-21/h8-12,15-16,23,29H,6-7,13-14H2,1-5H3/b24-22-. The minimum Gasteiger partial charge on any atom is -0.507 e. The Morgan fingerprint density at radius 1 is 1.00 bits per heavy atom. The molecule has 5 nitrogen and oxygen atoms in total. The number of benzene rings is 2. The zero-order chi connectivity index (χ0) is 22.7. The molecule has 0 aromatic heterocycles. The Hall–Kier alpha value is -2.92. The quantitative estimate of drug-likeness (QED) is 0.410. The molecule has 164 valence electrons. The molecule has 1 aliphatic heterocycles. The second-order valence-corrected chi connectivity index (χ2v) is 8.23. The molecule has 2 aromatic rings. The lowest BCUT2D eigenvalue weighted by Gasteiger charge is -2.28. The number of aliphatic hydroxyl groups excluding tert-OH is 1. The summed E-state index contributed by atoms with van der Waals surface area (Å²) in [6, 6.07) is 12.8. The van der Waals surface area contributed by atoms with Crippen LogP contribution in [0.15, 0.2) is 48.0 Å². The molecule has 0 saturated carbocycles. The molecule has 1 heterocycles. The lowest BCUT2D eigenvalue weighted by Crippen LogP contribution is -2.38. The highest BCUT2D eigenvalue weighted by atomic mass is 16.3. The summed E-state index contributed by atoms with van der Waals surface area (Å²) in [5.74, 6) is -1.29. The van der Waals surface area contributed by atoms with Gasteiger partial charge in [0.25, 0.3) is 11.7 Å². The third-order valence-electron chi connectivity index (χ3n) is 6.23. The number of hydrogen-bond donors (Lipinski definition) is 1. The van der Waals surface area contributed by atoms with Gasteiger partial charge in [-0.15, -0.1) is 0 Å². The van der Waals surface area contributed by atoms with Crippen molar-refractivity contribution in [3.8, 4) is 0 Å². The van der Waals surface area contributed by atoms with E-state index in [-0.39, 0.29) is 11.3 Å². The first-order valence-corrected chi connectivity index (χ1v) is 10.9. The van der Waals surface area contributed by atoms with Gasteiger partial charge in [0.2, 0.25) is 0 Å². The van der Waals surface area contributed by atoms with Crippen LogP contribution in [0, 0.1) is 20.8 Å². The topological polar surface area (TPSA) is 60.9 Å². The van der Waals surface area contributed by atoms with Crippen LogP contribution in [0.5, 0.6) is 0 Å². The first-order valence-electron chi connectivity index (χ1n) is 10.9. The summed E-state index contributed by atoms with van der Waals surface area (Å²) in [6.45, 7) is 12.9. The fourth-order valence-corrected chi connectivity index (χ4v) is 4.13. The SMILES string of the molecule is CCN(CC)CCN1C(=O)C(=O)/C(=C(\O)c2ccc(C)c(C)c2)C1c1cccc(C)c1. The number of aliphatic hydroxyl groups is 1. The lowest BCUT2D eigenvalue weighted by molar-refractivity contribution is -0.140. The second-order valence-electron chi connectivity index (χ2n) is 8.23. The minimum absolute atomic E-state index is 0.113. The summed E-state index contributed by atoms with van der Waals surface area (Å²) >= 11 is 0. The van der Waals surface area contributed by atoms with Gasteiger partial charge in [-0.1, -0.05) is 55.8 Å². The van der Waals surface area contributed by atoms with Gasteiger partial charge in [-0.2, -0.15) is 0 Å². The van der Waals surface area contributed by atoms with Crippen molar-refractivity contribution in [1.29, 1.82) is 0 Å². The highest BCUT2D eigenvalue weighted by molar-refractivity contribution is 6.46. The largest absolute Gasteiger partial charge is 0.507 e. The van der Waals surface area contributed by atoms with E-state index in [1.165, 1.54) is 0 Å². The zero-order valence-electron chi connectivity index (χ0n) is 19.1. The van der Waals surface area contributed by atoms with E-state index in [1.54, 1.807) is 11.0 Å². The molecule has 1 unspecified atom stereocenters. The van der Waals surface area contributed by atoms with Gasteiger partial charge in [-0.05, 0) is 56.6 Å². The number of Topliss-reactive ketones (excluding diaryl/α,β-unsaturated/α-hetero) is 1. The van der Waals surface area contributed by atoms with Crippen molar-refractivity contribution < 1.29 is 14.7 Å². The van der Waals surface area contributed by atoms with E-state index in [1.807, 2.05) is 57.2 Å². The Morgan fingerprint density at radius 3 is 2.32 bits per heavy atom. The van der Waals surface area contributed by atoms with Gasteiger partial charge in [0.1, 0.15) is 5.76 Å². The van der Waals surface area contributed by atoms with Gasteiger partial charge in [0.05, 0.1) is 11.6 Å². The summed E-state index contributed by atoms with van der Waals surface area (Å²) in [5, 5.41) is 11.2. The predicted octanol–water partition coefficient (Wildman–Crippen LogP) is 4.38. The average Bonchev–Trinajstić information content (AvgIpc) is 3.01. The van der Waals surface area contributed by atoms with Crippen LogP contribution >= 0.6 is 0 Å². The van der Waals surface area contributed by atoms with Gasteiger partial charge in [0.15, 0.2) is 0 Å². The van der Waals surface area contributed by atoms with Gasteiger partial charge in [-0.3, -0.25) is 9.59 Å². The van der Waals surface area contributed by atoms with Crippen LogP contribution in [-0.4, -0.2) is 52.8 Å². The van der Waals surface area contributed by atoms with Crippen molar-refractivity contribution in [3.63, 3.8) is 0 Å². The molecule has 31 heavy (non-hydrogen) atoms. The first-order chi connectivity index (χ1) is 14.8. The smallest absolute Gasteiger partial charge is 0.295 e.